The first-order valence-electron chi connectivity index (χ1n) is 8.48. The van der Waals surface area contributed by atoms with E-state index in [0.29, 0.717) is 5.56 Å². The Balaban J connectivity index is 1.67. The predicted molar refractivity (Wildman–Crippen MR) is 101 cm³/mol. The highest BCUT2D eigenvalue weighted by Gasteiger charge is 2.18. The third-order valence-corrected chi connectivity index (χ3v) is 4.14. The van der Waals surface area contributed by atoms with Crippen LogP contribution in [0.3, 0.4) is 0 Å². The Kier molecular flexibility index (Phi) is 5.78. The van der Waals surface area contributed by atoms with E-state index < -0.39 is 0 Å². The molecule has 0 aliphatic rings. The Morgan fingerprint density at radius 3 is 1.62 bits per heavy atom. The average Bonchev–Trinajstić information content (AvgIpc) is 2.72. The highest BCUT2D eigenvalue weighted by Crippen LogP contribution is 2.27. The number of nitrogens with one attached hydrogen (secondary N) is 2. The summed E-state index contributed by atoms with van der Waals surface area (Å²) < 4.78 is 0. The van der Waals surface area contributed by atoms with Crippen LogP contribution in [-0.4, -0.2) is 11.8 Å². The van der Waals surface area contributed by atoms with Gasteiger partial charge in [-0.05, 0) is 23.3 Å². The van der Waals surface area contributed by atoms with Gasteiger partial charge in [-0.1, -0.05) is 78.9 Å². The van der Waals surface area contributed by atoms with Crippen molar-refractivity contribution in [2.45, 2.75) is 12.3 Å². The second kappa shape index (κ2) is 8.62. The highest BCUT2D eigenvalue weighted by molar-refractivity contribution is 5.95. The minimum Gasteiger partial charge on any atom is -0.273 e. The molecule has 0 atom stereocenters. The van der Waals surface area contributed by atoms with Gasteiger partial charge in [-0.15, -0.1) is 0 Å². The van der Waals surface area contributed by atoms with Crippen LogP contribution in [0.4, 0.5) is 0 Å². The van der Waals surface area contributed by atoms with Gasteiger partial charge in [0.2, 0.25) is 5.91 Å². The summed E-state index contributed by atoms with van der Waals surface area (Å²) in [5.74, 6) is -0.659. The molecule has 2 amide bonds. The number of hydrogen-bond acceptors (Lipinski definition) is 2. The second-order valence-corrected chi connectivity index (χ2v) is 5.95. The smallest absolute Gasteiger partial charge is 0.269 e. The molecule has 0 radical (unpaired) electrons. The quantitative estimate of drug-likeness (QED) is 0.694. The average molecular weight is 344 g/mol. The first-order chi connectivity index (χ1) is 12.7. The van der Waals surface area contributed by atoms with Crippen LogP contribution in [0.15, 0.2) is 91.0 Å². The van der Waals surface area contributed by atoms with Crippen molar-refractivity contribution in [3.05, 3.63) is 108 Å². The molecule has 26 heavy (non-hydrogen) atoms. The van der Waals surface area contributed by atoms with Gasteiger partial charge in [0.15, 0.2) is 0 Å². The van der Waals surface area contributed by atoms with E-state index in [1.54, 1.807) is 24.3 Å². The van der Waals surface area contributed by atoms with Gasteiger partial charge >= 0.3 is 0 Å². The van der Waals surface area contributed by atoms with Gasteiger partial charge in [0.1, 0.15) is 0 Å². The van der Waals surface area contributed by atoms with E-state index in [0.717, 1.165) is 11.1 Å². The van der Waals surface area contributed by atoms with Crippen molar-refractivity contribution in [2.24, 2.45) is 0 Å². The molecule has 3 rings (SSSR count). The molecule has 0 fully saturated rings. The molecule has 0 heterocycles. The minimum absolute atomic E-state index is 0.0778. The van der Waals surface area contributed by atoms with Gasteiger partial charge < -0.3 is 0 Å². The van der Waals surface area contributed by atoms with Crippen molar-refractivity contribution in [3.8, 4) is 0 Å². The first-order valence-corrected chi connectivity index (χ1v) is 8.48. The monoisotopic (exact) mass is 344 g/mol. The molecular weight excluding hydrogens is 324 g/mol. The maximum Gasteiger partial charge on any atom is 0.269 e. The number of amides is 2. The molecular formula is C22H20N2O2. The molecule has 130 valence electrons. The summed E-state index contributed by atoms with van der Waals surface area (Å²) in [6.07, 6.45) is 0.239. The van der Waals surface area contributed by atoms with Gasteiger partial charge in [0, 0.05) is 17.9 Å². The first kappa shape index (κ1) is 17.4. The number of rotatable bonds is 5. The van der Waals surface area contributed by atoms with E-state index in [4.69, 9.17) is 0 Å². The largest absolute Gasteiger partial charge is 0.273 e. The van der Waals surface area contributed by atoms with Crippen molar-refractivity contribution >= 4 is 11.8 Å². The SMILES string of the molecule is O=C(CC(c1ccccc1)c1ccccc1)NNC(=O)c1ccccc1. The van der Waals surface area contributed by atoms with Crippen LogP contribution in [0.25, 0.3) is 0 Å². The van der Waals surface area contributed by atoms with Gasteiger partial charge in [-0.2, -0.15) is 0 Å². The Labute approximate surface area is 152 Å². The number of carbonyl (C=O) groups is 2. The lowest BCUT2D eigenvalue weighted by Crippen LogP contribution is -2.42. The number of hydrogen-bond donors (Lipinski definition) is 2. The van der Waals surface area contributed by atoms with E-state index >= 15 is 0 Å². The zero-order valence-corrected chi connectivity index (χ0v) is 14.3. The Morgan fingerprint density at radius 1 is 0.654 bits per heavy atom. The van der Waals surface area contributed by atoms with Gasteiger partial charge in [-0.3, -0.25) is 20.4 Å². The molecule has 4 nitrogen and oxygen atoms in total. The van der Waals surface area contributed by atoms with E-state index in [1.165, 1.54) is 0 Å². The van der Waals surface area contributed by atoms with Crippen LogP contribution in [0, 0.1) is 0 Å². The predicted octanol–water partition coefficient (Wildman–Crippen LogP) is 3.67. The fourth-order valence-corrected chi connectivity index (χ4v) is 2.82. The molecule has 0 aliphatic heterocycles. The Hall–Kier alpha value is -3.40. The van der Waals surface area contributed by atoms with Crippen LogP contribution in [0.1, 0.15) is 33.8 Å². The second-order valence-electron chi connectivity index (χ2n) is 5.95. The van der Waals surface area contributed by atoms with Gasteiger partial charge in [0.05, 0.1) is 0 Å². The molecule has 3 aromatic carbocycles. The molecule has 0 aliphatic carbocycles. The summed E-state index contributed by atoms with van der Waals surface area (Å²) in [5.41, 5.74) is 7.59. The number of benzene rings is 3. The maximum absolute atomic E-state index is 12.4. The van der Waals surface area contributed by atoms with Crippen LogP contribution < -0.4 is 10.9 Å². The standard InChI is InChI=1S/C22H20N2O2/c25-21(23-24-22(26)19-14-8-3-9-15-19)16-20(17-10-4-1-5-11-17)18-12-6-2-7-13-18/h1-15,20H,16H2,(H,23,25)(H,24,26). The van der Waals surface area contributed by atoms with Crippen molar-refractivity contribution in [1.82, 2.24) is 10.9 Å². The summed E-state index contributed by atoms with van der Waals surface area (Å²) in [4.78, 5) is 24.5. The van der Waals surface area contributed by atoms with Crippen molar-refractivity contribution in [1.29, 1.82) is 0 Å². The lowest BCUT2D eigenvalue weighted by atomic mass is 9.88. The molecule has 0 unspecified atom stereocenters. The molecule has 0 aromatic heterocycles. The lowest BCUT2D eigenvalue weighted by Gasteiger charge is -2.18. The Morgan fingerprint density at radius 2 is 1.12 bits per heavy atom. The van der Waals surface area contributed by atoms with E-state index in [1.807, 2.05) is 66.7 Å². The third kappa shape index (κ3) is 4.57. The summed E-state index contributed by atoms with van der Waals surface area (Å²) in [6.45, 7) is 0. The van der Waals surface area contributed by atoms with Crippen molar-refractivity contribution in [2.75, 3.05) is 0 Å². The molecule has 0 bridgehead atoms. The topological polar surface area (TPSA) is 58.2 Å². The fraction of sp³-hybridized carbons (Fsp3) is 0.0909. The summed E-state index contributed by atoms with van der Waals surface area (Å²) in [7, 11) is 0. The van der Waals surface area contributed by atoms with Gasteiger partial charge in [-0.25, -0.2) is 0 Å². The minimum atomic E-state index is -0.338. The Bertz CT molecular complexity index is 810. The zero-order chi connectivity index (χ0) is 18.2. The zero-order valence-electron chi connectivity index (χ0n) is 14.3. The maximum atomic E-state index is 12.4. The number of hydrazine groups is 1. The normalized spacial score (nSPS) is 10.3. The molecule has 4 heteroatoms. The van der Waals surface area contributed by atoms with Crippen LogP contribution in [0.5, 0.6) is 0 Å². The molecule has 0 spiro atoms. The van der Waals surface area contributed by atoms with Crippen LogP contribution in [0.2, 0.25) is 0 Å². The molecule has 0 saturated heterocycles. The molecule has 0 saturated carbocycles. The summed E-state index contributed by atoms with van der Waals surface area (Å²) in [6, 6.07) is 28.5. The van der Waals surface area contributed by atoms with E-state index in [2.05, 4.69) is 10.9 Å². The highest BCUT2D eigenvalue weighted by atomic mass is 16.2. The van der Waals surface area contributed by atoms with Crippen molar-refractivity contribution < 1.29 is 9.59 Å². The van der Waals surface area contributed by atoms with Crippen LogP contribution >= 0.6 is 0 Å². The van der Waals surface area contributed by atoms with E-state index in [9.17, 15) is 9.59 Å². The summed E-state index contributed by atoms with van der Waals surface area (Å²) >= 11 is 0. The lowest BCUT2D eigenvalue weighted by molar-refractivity contribution is -0.122. The molecule has 2 N–H and O–H groups in total. The fourth-order valence-electron chi connectivity index (χ4n) is 2.82. The van der Waals surface area contributed by atoms with Crippen LogP contribution in [-0.2, 0) is 4.79 Å². The number of carbonyl (C=O) groups excluding carboxylic acids is 2. The summed E-state index contributed by atoms with van der Waals surface area (Å²) in [5, 5.41) is 0. The van der Waals surface area contributed by atoms with E-state index in [-0.39, 0.29) is 24.2 Å². The third-order valence-electron chi connectivity index (χ3n) is 4.14. The molecule has 3 aromatic rings. The van der Waals surface area contributed by atoms with Crippen molar-refractivity contribution in [3.63, 3.8) is 0 Å². The van der Waals surface area contributed by atoms with Gasteiger partial charge in [0.25, 0.3) is 5.91 Å².